The zero-order valence-electron chi connectivity index (χ0n) is 14.7. The van der Waals surface area contributed by atoms with Crippen LogP contribution in [0.1, 0.15) is 58.9 Å². The Kier molecular flexibility index (Phi) is 4.83. The molecule has 0 spiro atoms. The van der Waals surface area contributed by atoms with Crippen LogP contribution in [0.3, 0.4) is 0 Å². The summed E-state index contributed by atoms with van der Waals surface area (Å²) in [5, 5.41) is 6.63. The van der Waals surface area contributed by atoms with E-state index < -0.39 is 0 Å². The van der Waals surface area contributed by atoms with Crippen LogP contribution in [0.25, 0.3) is 0 Å². The molecular weight excluding hydrogens is 320 g/mol. The van der Waals surface area contributed by atoms with Crippen LogP contribution in [0.5, 0.6) is 0 Å². The van der Waals surface area contributed by atoms with Crippen molar-refractivity contribution in [2.45, 2.75) is 46.2 Å². The normalized spacial score (nSPS) is 16.9. The zero-order valence-corrected chi connectivity index (χ0v) is 14.7. The quantitative estimate of drug-likeness (QED) is 0.921. The topological polar surface area (TPSA) is 88.3 Å². The summed E-state index contributed by atoms with van der Waals surface area (Å²) in [6.07, 6.45) is 3.57. The summed E-state index contributed by atoms with van der Waals surface area (Å²) < 4.78 is 5.13. The fraction of sp³-hybridized carbons (Fsp3) is 0.444. The van der Waals surface area contributed by atoms with Gasteiger partial charge >= 0.3 is 0 Å². The van der Waals surface area contributed by atoms with Crippen molar-refractivity contribution in [1.82, 2.24) is 20.4 Å². The minimum atomic E-state index is -0.0731. The Morgan fingerprint density at radius 1 is 1.36 bits per heavy atom. The third-order valence-corrected chi connectivity index (χ3v) is 4.49. The van der Waals surface area contributed by atoms with Gasteiger partial charge in [0.1, 0.15) is 11.3 Å². The van der Waals surface area contributed by atoms with Crippen molar-refractivity contribution in [3.05, 3.63) is 46.6 Å². The smallest absolute Gasteiger partial charge is 0.259 e. The fourth-order valence-corrected chi connectivity index (χ4v) is 3.21. The maximum absolute atomic E-state index is 12.9. The van der Waals surface area contributed by atoms with E-state index in [1.807, 2.05) is 17.0 Å². The second kappa shape index (κ2) is 7.04. The largest absolute Gasteiger partial charge is 0.361 e. The lowest BCUT2D eigenvalue weighted by Gasteiger charge is -2.24. The second-order valence-electron chi connectivity index (χ2n) is 6.36. The molecule has 3 heterocycles. The minimum Gasteiger partial charge on any atom is -0.361 e. The maximum Gasteiger partial charge on any atom is 0.259 e. The van der Waals surface area contributed by atoms with Gasteiger partial charge in [-0.1, -0.05) is 11.2 Å². The molecule has 1 atom stereocenters. The summed E-state index contributed by atoms with van der Waals surface area (Å²) in [5.74, 6) is 0.422. The van der Waals surface area contributed by atoms with Gasteiger partial charge in [-0.25, -0.2) is 0 Å². The first-order valence-electron chi connectivity index (χ1n) is 8.40. The standard InChI is InChI=1S/C18H22N4O3/c1-11-17(12(2)25-21-11)18(24)22-8-4-5-16(22)15-7-6-14(10-20-15)9-19-13(3)23/h6-7,10,16H,4-5,8-9H2,1-3H3,(H,19,23)/t16-/m1/s1. The van der Waals surface area contributed by atoms with Crippen LogP contribution < -0.4 is 5.32 Å². The maximum atomic E-state index is 12.9. The van der Waals surface area contributed by atoms with E-state index in [4.69, 9.17) is 4.52 Å². The van der Waals surface area contributed by atoms with E-state index in [0.717, 1.165) is 24.1 Å². The molecule has 1 aliphatic heterocycles. The molecule has 0 bridgehead atoms. The van der Waals surface area contributed by atoms with E-state index in [1.54, 1.807) is 20.0 Å². The van der Waals surface area contributed by atoms with E-state index in [0.29, 0.717) is 30.1 Å². The van der Waals surface area contributed by atoms with Crippen LogP contribution in [0, 0.1) is 13.8 Å². The van der Waals surface area contributed by atoms with Gasteiger partial charge in [-0.3, -0.25) is 14.6 Å². The van der Waals surface area contributed by atoms with Gasteiger partial charge in [0, 0.05) is 26.2 Å². The SMILES string of the molecule is CC(=O)NCc1ccc([C@H]2CCCN2C(=O)c2c(C)noc2C)nc1. The number of aryl methyl sites for hydroxylation is 2. The summed E-state index contributed by atoms with van der Waals surface area (Å²) in [4.78, 5) is 30.3. The van der Waals surface area contributed by atoms with Crippen molar-refractivity contribution < 1.29 is 14.1 Å². The fourth-order valence-electron chi connectivity index (χ4n) is 3.21. The van der Waals surface area contributed by atoms with E-state index in [9.17, 15) is 9.59 Å². The van der Waals surface area contributed by atoms with Gasteiger partial charge in [0.05, 0.1) is 17.4 Å². The Hall–Kier alpha value is -2.70. The van der Waals surface area contributed by atoms with Gasteiger partial charge in [0.2, 0.25) is 5.91 Å². The molecule has 7 heteroatoms. The lowest BCUT2D eigenvalue weighted by atomic mass is 10.1. The molecule has 2 aromatic rings. The van der Waals surface area contributed by atoms with Gasteiger partial charge in [0.25, 0.3) is 5.91 Å². The molecule has 132 valence electrons. The molecule has 2 aromatic heterocycles. The van der Waals surface area contributed by atoms with Crippen LogP contribution in [-0.2, 0) is 11.3 Å². The number of aromatic nitrogens is 2. The average molecular weight is 342 g/mol. The lowest BCUT2D eigenvalue weighted by molar-refractivity contribution is -0.119. The summed E-state index contributed by atoms with van der Waals surface area (Å²) in [7, 11) is 0. The Balaban J connectivity index is 1.77. The van der Waals surface area contributed by atoms with Crippen molar-refractivity contribution in [3.8, 4) is 0 Å². The number of hydrogen-bond donors (Lipinski definition) is 1. The first-order valence-corrected chi connectivity index (χ1v) is 8.40. The molecule has 2 amide bonds. The van der Waals surface area contributed by atoms with Crippen molar-refractivity contribution in [2.24, 2.45) is 0 Å². The molecule has 0 aliphatic carbocycles. The Bertz CT molecular complexity index is 763. The molecule has 0 saturated carbocycles. The predicted molar refractivity (Wildman–Crippen MR) is 90.7 cm³/mol. The van der Waals surface area contributed by atoms with E-state index in [2.05, 4.69) is 15.5 Å². The third-order valence-electron chi connectivity index (χ3n) is 4.49. The molecule has 1 saturated heterocycles. The van der Waals surface area contributed by atoms with Crippen LogP contribution in [0.15, 0.2) is 22.9 Å². The van der Waals surface area contributed by atoms with Crippen LogP contribution >= 0.6 is 0 Å². The number of rotatable bonds is 4. The Labute approximate surface area is 146 Å². The number of hydrogen-bond acceptors (Lipinski definition) is 5. The molecule has 3 rings (SSSR count). The highest BCUT2D eigenvalue weighted by Crippen LogP contribution is 2.33. The van der Waals surface area contributed by atoms with Gasteiger partial charge in [-0.2, -0.15) is 0 Å². The van der Waals surface area contributed by atoms with Crippen LogP contribution in [0.2, 0.25) is 0 Å². The monoisotopic (exact) mass is 342 g/mol. The van der Waals surface area contributed by atoms with E-state index in [-0.39, 0.29) is 17.9 Å². The molecule has 1 N–H and O–H groups in total. The molecule has 7 nitrogen and oxygen atoms in total. The van der Waals surface area contributed by atoms with Crippen LogP contribution in [0.4, 0.5) is 0 Å². The van der Waals surface area contributed by atoms with Gasteiger partial charge in [-0.05, 0) is 38.3 Å². The molecule has 0 radical (unpaired) electrons. The van der Waals surface area contributed by atoms with Gasteiger partial charge < -0.3 is 14.7 Å². The molecule has 25 heavy (non-hydrogen) atoms. The number of likely N-dealkylation sites (tertiary alicyclic amines) is 1. The summed E-state index contributed by atoms with van der Waals surface area (Å²) in [6.45, 7) is 6.17. The Morgan fingerprint density at radius 2 is 2.16 bits per heavy atom. The van der Waals surface area contributed by atoms with Crippen molar-refractivity contribution in [2.75, 3.05) is 6.54 Å². The third kappa shape index (κ3) is 3.55. The second-order valence-corrected chi connectivity index (χ2v) is 6.36. The molecule has 0 aromatic carbocycles. The Morgan fingerprint density at radius 3 is 2.76 bits per heavy atom. The highest BCUT2D eigenvalue weighted by molar-refractivity contribution is 5.96. The summed E-state index contributed by atoms with van der Waals surface area (Å²) in [5.41, 5.74) is 2.96. The van der Waals surface area contributed by atoms with Crippen molar-refractivity contribution in [1.29, 1.82) is 0 Å². The first-order chi connectivity index (χ1) is 12.0. The average Bonchev–Trinajstić information content (AvgIpc) is 3.20. The highest BCUT2D eigenvalue weighted by atomic mass is 16.5. The number of nitrogens with one attached hydrogen (secondary N) is 1. The molecular formula is C18H22N4O3. The lowest BCUT2D eigenvalue weighted by Crippen LogP contribution is -2.31. The van der Waals surface area contributed by atoms with Gasteiger partial charge in [-0.15, -0.1) is 0 Å². The van der Waals surface area contributed by atoms with Crippen LogP contribution in [-0.4, -0.2) is 33.4 Å². The number of amides is 2. The van der Waals surface area contributed by atoms with Crippen molar-refractivity contribution in [3.63, 3.8) is 0 Å². The number of carbonyl (C=O) groups excluding carboxylic acids is 2. The molecule has 1 aliphatic rings. The molecule has 0 unspecified atom stereocenters. The predicted octanol–water partition coefficient (Wildman–Crippen LogP) is 2.30. The number of pyridine rings is 1. The molecule has 1 fully saturated rings. The van der Waals surface area contributed by atoms with Crippen molar-refractivity contribution >= 4 is 11.8 Å². The minimum absolute atomic E-state index is 0.0454. The highest BCUT2D eigenvalue weighted by Gasteiger charge is 2.34. The van der Waals surface area contributed by atoms with E-state index >= 15 is 0 Å². The summed E-state index contributed by atoms with van der Waals surface area (Å²) >= 11 is 0. The van der Waals surface area contributed by atoms with E-state index in [1.165, 1.54) is 6.92 Å². The zero-order chi connectivity index (χ0) is 18.0. The number of nitrogens with zero attached hydrogens (tertiary/aromatic N) is 3. The number of carbonyl (C=O) groups is 2. The first kappa shape index (κ1) is 17.1. The van der Waals surface area contributed by atoms with Gasteiger partial charge in [0.15, 0.2) is 0 Å². The summed E-state index contributed by atoms with van der Waals surface area (Å²) in [6, 6.07) is 3.83.